The fraction of sp³-hybridized carbons (Fsp3) is 0.476. The molecule has 146 valence electrons. The van der Waals surface area contributed by atoms with E-state index in [-0.39, 0.29) is 24.0 Å². The fourth-order valence-electron chi connectivity index (χ4n) is 5.01. The van der Waals surface area contributed by atoms with E-state index in [4.69, 9.17) is 4.74 Å². The van der Waals surface area contributed by atoms with Crippen LogP contribution in [0.3, 0.4) is 0 Å². The van der Waals surface area contributed by atoms with Crippen LogP contribution < -0.4 is 0 Å². The van der Waals surface area contributed by atoms with Crippen molar-refractivity contribution in [3.63, 3.8) is 0 Å². The van der Waals surface area contributed by atoms with Gasteiger partial charge in [-0.15, -0.1) is 0 Å². The molecule has 1 aromatic heterocycles. The van der Waals surface area contributed by atoms with Gasteiger partial charge in [0.25, 0.3) is 5.91 Å². The number of hydrogen-bond acceptors (Lipinski definition) is 4. The normalized spacial score (nSPS) is 28.7. The van der Waals surface area contributed by atoms with Gasteiger partial charge in [-0.1, -0.05) is 30.3 Å². The fourth-order valence-corrected chi connectivity index (χ4v) is 5.01. The molecule has 0 unspecified atom stereocenters. The summed E-state index contributed by atoms with van der Waals surface area (Å²) in [6.07, 6.45) is 0.830. The smallest absolute Gasteiger partial charge is 0.272 e. The molecule has 3 aliphatic rings. The van der Waals surface area contributed by atoms with Crippen molar-refractivity contribution in [2.75, 3.05) is 13.1 Å². The summed E-state index contributed by atoms with van der Waals surface area (Å²) in [5.74, 6) is 0.00634. The van der Waals surface area contributed by atoms with Crippen LogP contribution in [-0.4, -0.2) is 56.3 Å². The number of amides is 2. The zero-order valence-electron chi connectivity index (χ0n) is 16.2. The molecule has 0 radical (unpaired) electrons. The molecule has 1 spiro atoms. The third kappa shape index (κ3) is 2.35. The number of hydrogen-bond donors (Lipinski definition) is 0. The van der Waals surface area contributed by atoms with E-state index in [1.54, 1.807) is 4.68 Å². The van der Waals surface area contributed by atoms with Crippen LogP contribution in [0.25, 0.3) is 0 Å². The van der Waals surface area contributed by atoms with E-state index in [1.807, 2.05) is 60.0 Å². The molecule has 3 fully saturated rings. The Balaban J connectivity index is 1.45. The van der Waals surface area contributed by atoms with Crippen LogP contribution in [0.5, 0.6) is 0 Å². The summed E-state index contributed by atoms with van der Waals surface area (Å²) in [6.45, 7) is 5.63. The Morgan fingerprint density at radius 1 is 1.32 bits per heavy atom. The molecule has 2 aromatic rings. The highest BCUT2D eigenvalue weighted by Crippen LogP contribution is 2.50. The van der Waals surface area contributed by atoms with Gasteiger partial charge in [0.15, 0.2) is 5.72 Å². The van der Waals surface area contributed by atoms with E-state index in [0.29, 0.717) is 38.2 Å². The summed E-state index contributed by atoms with van der Waals surface area (Å²) in [5.41, 5.74) is 1.78. The van der Waals surface area contributed by atoms with Crippen LogP contribution in [0.4, 0.5) is 0 Å². The van der Waals surface area contributed by atoms with Crippen molar-refractivity contribution < 1.29 is 14.3 Å². The SMILES string of the molecule is CCn1nc(C)cc1C(=O)N1CC[C@@]23O[C@@H](c4ccccc4)CN2C(=O)C[C@@H]13. The predicted molar refractivity (Wildman–Crippen MR) is 101 cm³/mol. The van der Waals surface area contributed by atoms with E-state index in [9.17, 15) is 9.59 Å². The maximum atomic E-state index is 13.3. The summed E-state index contributed by atoms with van der Waals surface area (Å²) >= 11 is 0. The van der Waals surface area contributed by atoms with Crippen molar-refractivity contribution in [3.8, 4) is 0 Å². The molecular formula is C21H24N4O3. The third-order valence-corrected chi connectivity index (χ3v) is 6.28. The molecule has 0 bridgehead atoms. The lowest BCUT2D eigenvalue weighted by Gasteiger charge is -2.32. The summed E-state index contributed by atoms with van der Waals surface area (Å²) in [4.78, 5) is 29.8. The van der Waals surface area contributed by atoms with Crippen LogP contribution in [0.2, 0.25) is 0 Å². The van der Waals surface area contributed by atoms with Gasteiger partial charge in [0.2, 0.25) is 5.91 Å². The molecule has 2 amide bonds. The lowest BCUT2D eigenvalue weighted by molar-refractivity contribution is -0.138. The van der Waals surface area contributed by atoms with Gasteiger partial charge in [-0.05, 0) is 25.5 Å². The molecule has 0 aliphatic carbocycles. The number of aromatic nitrogens is 2. The minimum atomic E-state index is -0.695. The Bertz CT molecular complexity index is 940. The highest BCUT2D eigenvalue weighted by molar-refractivity contribution is 5.94. The summed E-state index contributed by atoms with van der Waals surface area (Å²) < 4.78 is 8.26. The number of benzene rings is 1. The Morgan fingerprint density at radius 2 is 2.11 bits per heavy atom. The minimum Gasteiger partial charge on any atom is -0.343 e. The standard InChI is InChI=1S/C21H24N4O3/c1-3-25-16(11-14(2)22-25)20(27)23-10-9-21-18(23)12-19(26)24(21)13-17(28-21)15-7-5-4-6-8-15/h4-8,11,17-18H,3,9-10,12-13H2,1-2H3/t17-,18-,21+/m1/s1. The number of rotatable bonds is 3. The van der Waals surface area contributed by atoms with E-state index in [2.05, 4.69) is 5.10 Å². The Kier molecular flexibility index (Phi) is 3.84. The average molecular weight is 380 g/mol. The predicted octanol–water partition coefficient (Wildman–Crippen LogP) is 2.13. The molecule has 5 rings (SSSR count). The van der Waals surface area contributed by atoms with Crippen LogP contribution in [0.1, 0.15) is 47.6 Å². The van der Waals surface area contributed by atoms with E-state index < -0.39 is 5.72 Å². The van der Waals surface area contributed by atoms with Crippen molar-refractivity contribution >= 4 is 11.8 Å². The zero-order chi connectivity index (χ0) is 19.5. The van der Waals surface area contributed by atoms with Gasteiger partial charge in [0.1, 0.15) is 11.8 Å². The van der Waals surface area contributed by atoms with Crippen molar-refractivity contribution in [2.24, 2.45) is 0 Å². The molecule has 7 nitrogen and oxygen atoms in total. The third-order valence-electron chi connectivity index (χ3n) is 6.28. The number of likely N-dealkylation sites (tertiary alicyclic amines) is 1. The molecule has 4 heterocycles. The van der Waals surface area contributed by atoms with Gasteiger partial charge >= 0.3 is 0 Å². The van der Waals surface area contributed by atoms with Gasteiger partial charge < -0.3 is 14.5 Å². The van der Waals surface area contributed by atoms with E-state index >= 15 is 0 Å². The quantitative estimate of drug-likeness (QED) is 0.818. The van der Waals surface area contributed by atoms with Crippen molar-refractivity contribution in [1.82, 2.24) is 19.6 Å². The lowest BCUT2D eigenvalue weighted by atomic mass is 10.1. The van der Waals surface area contributed by atoms with Gasteiger partial charge in [0.05, 0.1) is 24.7 Å². The van der Waals surface area contributed by atoms with Crippen molar-refractivity contribution in [2.45, 2.75) is 51.1 Å². The minimum absolute atomic E-state index is 0.0641. The first kappa shape index (κ1) is 17.4. The van der Waals surface area contributed by atoms with Crippen LogP contribution in [0.15, 0.2) is 36.4 Å². The molecular weight excluding hydrogens is 356 g/mol. The first-order valence-corrected chi connectivity index (χ1v) is 9.92. The number of ether oxygens (including phenoxy) is 1. The number of aryl methyl sites for hydroxylation is 2. The molecule has 3 saturated heterocycles. The highest BCUT2D eigenvalue weighted by Gasteiger charge is 2.65. The Morgan fingerprint density at radius 3 is 2.86 bits per heavy atom. The molecule has 0 N–H and O–H groups in total. The topological polar surface area (TPSA) is 67.7 Å². The molecule has 28 heavy (non-hydrogen) atoms. The second kappa shape index (κ2) is 6.17. The van der Waals surface area contributed by atoms with E-state index in [0.717, 1.165) is 11.3 Å². The maximum absolute atomic E-state index is 13.3. The molecule has 7 heteroatoms. The first-order chi connectivity index (χ1) is 13.5. The summed E-state index contributed by atoms with van der Waals surface area (Å²) in [7, 11) is 0. The molecule has 3 aliphatic heterocycles. The molecule has 3 atom stereocenters. The molecule has 1 aromatic carbocycles. The summed E-state index contributed by atoms with van der Waals surface area (Å²) in [5, 5.41) is 4.40. The lowest BCUT2D eigenvalue weighted by Crippen LogP contribution is -2.49. The van der Waals surface area contributed by atoms with Gasteiger partial charge in [-0.2, -0.15) is 5.10 Å². The molecule has 0 saturated carbocycles. The average Bonchev–Trinajstić information content (AvgIpc) is 3.42. The second-order valence-corrected chi connectivity index (χ2v) is 7.82. The maximum Gasteiger partial charge on any atom is 0.272 e. The first-order valence-electron chi connectivity index (χ1n) is 9.92. The second-order valence-electron chi connectivity index (χ2n) is 7.82. The number of nitrogens with zero attached hydrogens (tertiary/aromatic N) is 4. The largest absolute Gasteiger partial charge is 0.343 e. The van der Waals surface area contributed by atoms with Crippen LogP contribution in [0, 0.1) is 6.92 Å². The monoisotopic (exact) mass is 380 g/mol. The van der Waals surface area contributed by atoms with Gasteiger partial charge in [0, 0.05) is 19.5 Å². The van der Waals surface area contributed by atoms with Gasteiger partial charge in [-0.25, -0.2) is 0 Å². The number of carbonyl (C=O) groups excluding carboxylic acids is 2. The van der Waals surface area contributed by atoms with Crippen LogP contribution in [-0.2, 0) is 16.1 Å². The van der Waals surface area contributed by atoms with Crippen molar-refractivity contribution in [3.05, 3.63) is 53.3 Å². The zero-order valence-corrected chi connectivity index (χ0v) is 16.2. The van der Waals surface area contributed by atoms with Crippen molar-refractivity contribution in [1.29, 1.82) is 0 Å². The Labute approximate surface area is 163 Å². The Hall–Kier alpha value is -2.67. The van der Waals surface area contributed by atoms with Crippen LogP contribution >= 0.6 is 0 Å². The summed E-state index contributed by atoms with van der Waals surface area (Å²) in [6, 6.07) is 11.6. The van der Waals surface area contributed by atoms with Gasteiger partial charge in [-0.3, -0.25) is 14.3 Å². The van der Waals surface area contributed by atoms with E-state index in [1.165, 1.54) is 0 Å². The number of carbonyl (C=O) groups is 2. The highest BCUT2D eigenvalue weighted by atomic mass is 16.5.